The van der Waals surface area contributed by atoms with E-state index in [4.69, 9.17) is 23.2 Å². The lowest BCUT2D eigenvalue weighted by molar-refractivity contribution is 0.0124. The standard InChI is InChI=1S/C21H14Cl2F2N4OS/c1-21(24,25)18-10-17(29(28-18)16-5-3-2-4-14(16)23)19(30)27-20-26-15(11-31-20)12-6-8-13(22)9-7-12/h2-11H,1H3,(H,26,27,30). The summed E-state index contributed by atoms with van der Waals surface area (Å²) in [6.45, 7) is 0.715. The Hall–Kier alpha value is -2.81. The second-order valence-corrected chi connectivity index (χ2v) is 8.37. The number of benzene rings is 2. The number of aromatic nitrogens is 3. The molecule has 5 nitrogen and oxygen atoms in total. The normalized spacial score (nSPS) is 11.5. The Kier molecular flexibility index (Phi) is 5.79. The van der Waals surface area contributed by atoms with Crippen molar-refractivity contribution in [2.75, 3.05) is 5.32 Å². The van der Waals surface area contributed by atoms with Crippen LogP contribution in [0.4, 0.5) is 13.9 Å². The highest BCUT2D eigenvalue weighted by Gasteiger charge is 2.31. The highest BCUT2D eigenvalue weighted by molar-refractivity contribution is 7.14. The molecule has 2 aromatic heterocycles. The molecule has 1 amide bonds. The number of alkyl halides is 2. The number of para-hydroxylation sites is 1. The van der Waals surface area contributed by atoms with Gasteiger partial charge in [0.1, 0.15) is 11.4 Å². The van der Waals surface area contributed by atoms with Gasteiger partial charge in [0.05, 0.1) is 16.4 Å². The van der Waals surface area contributed by atoms with Crippen molar-refractivity contribution >= 4 is 45.6 Å². The molecule has 0 radical (unpaired) electrons. The average Bonchev–Trinajstić information content (AvgIpc) is 3.36. The van der Waals surface area contributed by atoms with E-state index in [0.29, 0.717) is 28.5 Å². The maximum absolute atomic E-state index is 13.9. The number of halogens is 4. The summed E-state index contributed by atoms with van der Waals surface area (Å²) >= 11 is 13.3. The van der Waals surface area contributed by atoms with Gasteiger partial charge >= 0.3 is 0 Å². The first-order valence-corrected chi connectivity index (χ1v) is 10.6. The molecule has 4 aromatic rings. The molecule has 2 heterocycles. The molecule has 4 rings (SSSR count). The van der Waals surface area contributed by atoms with E-state index in [0.717, 1.165) is 16.3 Å². The van der Waals surface area contributed by atoms with Gasteiger partial charge in [0, 0.05) is 22.9 Å². The Bertz CT molecular complexity index is 1250. The molecular formula is C21H14Cl2F2N4OS. The fourth-order valence-corrected chi connectivity index (χ4v) is 3.87. The Morgan fingerprint density at radius 2 is 1.84 bits per heavy atom. The zero-order chi connectivity index (χ0) is 22.2. The zero-order valence-corrected chi connectivity index (χ0v) is 18.3. The number of rotatable bonds is 5. The molecule has 0 unspecified atom stereocenters. The second-order valence-electron chi connectivity index (χ2n) is 6.67. The van der Waals surface area contributed by atoms with Gasteiger partial charge in [0.25, 0.3) is 11.8 Å². The van der Waals surface area contributed by atoms with Gasteiger partial charge in [-0.1, -0.05) is 47.5 Å². The van der Waals surface area contributed by atoms with Crippen LogP contribution in [0.3, 0.4) is 0 Å². The third kappa shape index (κ3) is 4.61. The lowest BCUT2D eigenvalue weighted by Gasteiger charge is -2.09. The molecule has 0 aliphatic carbocycles. The summed E-state index contributed by atoms with van der Waals surface area (Å²) in [6, 6.07) is 14.7. The number of nitrogens with zero attached hydrogens (tertiary/aromatic N) is 3. The first-order chi connectivity index (χ1) is 14.7. The number of anilines is 1. The van der Waals surface area contributed by atoms with Crippen LogP contribution in [0.15, 0.2) is 60.0 Å². The maximum Gasteiger partial charge on any atom is 0.288 e. The number of amides is 1. The molecule has 10 heteroatoms. The van der Waals surface area contributed by atoms with Gasteiger partial charge in [-0.2, -0.15) is 13.9 Å². The summed E-state index contributed by atoms with van der Waals surface area (Å²) < 4.78 is 28.9. The minimum Gasteiger partial charge on any atom is -0.296 e. The van der Waals surface area contributed by atoms with E-state index < -0.39 is 17.5 Å². The van der Waals surface area contributed by atoms with Crippen molar-refractivity contribution in [3.05, 3.63) is 81.4 Å². The maximum atomic E-state index is 13.9. The van der Waals surface area contributed by atoms with Gasteiger partial charge in [0.15, 0.2) is 5.13 Å². The fraction of sp³-hybridized carbons (Fsp3) is 0.0952. The Morgan fingerprint density at radius 1 is 1.13 bits per heavy atom. The predicted octanol–water partition coefficient (Wildman–Crippen LogP) is 6.67. The molecule has 2 aromatic carbocycles. The van der Waals surface area contributed by atoms with Crippen LogP contribution in [-0.4, -0.2) is 20.7 Å². The highest BCUT2D eigenvalue weighted by atomic mass is 35.5. The van der Waals surface area contributed by atoms with E-state index in [1.54, 1.807) is 41.8 Å². The van der Waals surface area contributed by atoms with Crippen LogP contribution in [0.5, 0.6) is 0 Å². The van der Waals surface area contributed by atoms with Gasteiger partial charge < -0.3 is 0 Å². The fourth-order valence-electron chi connectivity index (χ4n) is 2.81. The van der Waals surface area contributed by atoms with Gasteiger partial charge in [-0.15, -0.1) is 11.3 Å². The van der Waals surface area contributed by atoms with E-state index in [9.17, 15) is 13.6 Å². The summed E-state index contributed by atoms with van der Waals surface area (Å²) in [4.78, 5) is 17.3. The third-order valence-electron chi connectivity index (χ3n) is 4.34. The second kappa shape index (κ2) is 8.37. The van der Waals surface area contributed by atoms with Crippen LogP contribution in [0.2, 0.25) is 10.0 Å². The first kappa shape index (κ1) is 21.4. The molecule has 0 saturated carbocycles. The minimum atomic E-state index is -3.23. The molecule has 158 valence electrons. The number of nitrogens with one attached hydrogen (secondary N) is 1. The van der Waals surface area contributed by atoms with Crippen molar-refractivity contribution in [3.8, 4) is 16.9 Å². The third-order valence-corrected chi connectivity index (χ3v) is 5.67. The van der Waals surface area contributed by atoms with Crippen molar-refractivity contribution in [1.29, 1.82) is 0 Å². The van der Waals surface area contributed by atoms with Crippen molar-refractivity contribution in [2.45, 2.75) is 12.8 Å². The molecule has 0 atom stereocenters. The number of hydrogen-bond donors (Lipinski definition) is 1. The first-order valence-electron chi connectivity index (χ1n) is 8.98. The zero-order valence-electron chi connectivity index (χ0n) is 15.9. The van der Waals surface area contributed by atoms with E-state index in [2.05, 4.69) is 15.4 Å². The molecule has 0 fully saturated rings. The molecule has 0 saturated heterocycles. The molecular weight excluding hydrogens is 465 g/mol. The van der Waals surface area contributed by atoms with Crippen LogP contribution >= 0.6 is 34.5 Å². The molecule has 0 aliphatic heterocycles. The Balaban J connectivity index is 1.66. The van der Waals surface area contributed by atoms with Crippen LogP contribution < -0.4 is 5.32 Å². The number of hydrogen-bond acceptors (Lipinski definition) is 4. The van der Waals surface area contributed by atoms with Crippen molar-refractivity contribution in [3.63, 3.8) is 0 Å². The van der Waals surface area contributed by atoms with E-state index in [1.807, 2.05) is 12.1 Å². The van der Waals surface area contributed by atoms with Crippen molar-refractivity contribution in [1.82, 2.24) is 14.8 Å². The summed E-state index contributed by atoms with van der Waals surface area (Å²) in [5.41, 5.74) is 1.16. The molecule has 31 heavy (non-hydrogen) atoms. The Labute approximate surface area is 190 Å². The minimum absolute atomic E-state index is 0.0899. The van der Waals surface area contributed by atoms with E-state index in [-0.39, 0.29) is 10.7 Å². The summed E-state index contributed by atoms with van der Waals surface area (Å²) in [6.07, 6.45) is 0. The van der Waals surface area contributed by atoms with E-state index >= 15 is 0 Å². The van der Waals surface area contributed by atoms with Crippen molar-refractivity contribution in [2.24, 2.45) is 0 Å². The monoisotopic (exact) mass is 478 g/mol. The highest BCUT2D eigenvalue weighted by Crippen LogP contribution is 2.30. The van der Waals surface area contributed by atoms with Crippen molar-refractivity contribution < 1.29 is 13.6 Å². The SMILES string of the molecule is CC(F)(F)c1cc(C(=O)Nc2nc(-c3ccc(Cl)cc3)cs2)n(-c2ccccc2Cl)n1. The summed E-state index contributed by atoms with van der Waals surface area (Å²) in [7, 11) is 0. The Morgan fingerprint density at radius 3 is 2.52 bits per heavy atom. The van der Waals surface area contributed by atoms with Gasteiger partial charge in [-0.25, -0.2) is 9.67 Å². The number of carbonyl (C=O) groups is 1. The van der Waals surface area contributed by atoms with Gasteiger partial charge in [0.2, 0.25) is 0 Å². The lowest BCUT2D eigenvalue weighted by atomic mass is 10.2. The smallest absolute Gasteiger partial charge is 0.288 e. The summed E-state index contributed by atoms with van der Waals surface area (Å²) in [5, 5.41) is 9.53. The topological polar surface area (TPSA) is 59.8 Å². The number of carbonyl (C=O) groups excluding carboxylic acids is 1. The van der Waals surface area contributed by atoms with Gasteiger partial charge in [-0.05, 0) is 30.3 Å². The largest absolute Gasteiger partial charge is 0.296 e. The molecule has 0 bridgehead atoms. The quantitative estimate of drug-likeness (QED) is 0.348. The van der Waals surface area contributed by atoms with Gasteiger partial charge in [-0.3, -0.25) is 10.1 Å². The van der Waals surface area contributed by atoms with Crippen LogP contribution in [-0.2, 0) is 5.92 Å². The van der Waals surface area contributed by atoms with E-state index in [1.165, 1.54) is 11.3 Å². The summed E-state index contributed by atoms with van der Waals surface area (Å²) in [5.74, 6) is -3.87. The number of thiazole rings is 1. The average molecular weight is 479 g/mol. The lowest BCUT2D eigenvalue weighted by Crippen LogP contribution is -2.17. The van der Waals surface area contributed by atoms with Crippen LogP contribution in [0.25, 0.3) is 16.9 Å². The van der Waals surface area contributed by atoms with Crippen LogP contribution in [0, 0.1) is 0 Å². The molecule has 0 aliphatic rings. The predicted molar refractivity (Wildman–Crippen MR) is 119 cm³/mol. The van der Waals surface area contributed by atoms with Crippen LogP contribution in [0.1, 0.15) is 23.1 Å². The molecule has 1 N–H and O–H groups in total. The molecule has 0 spiro atoms.